The first-order valence-electron chi connectivity index (χ1n) is 7.03. The lowest BCUT2D eigenvalue weighted by Crippen LogP contribution is -2.38. The van der Waals surface area contributed by atoms with E-state index < -0.39 is 28.3 Å². The average molecular weight is 331 g/mol. The van der Waals surface area contributed by atoms with Gasteiger partial charge >= 0.3 is 6.18 Å². The predicted octanol–water partition coefficient (Wildman–Crippen LogP) is 2.44. The molecule has 0 bridgehead atoms. The Morgan fingerprint density at radius 1 is 1.43 bits per heavy atom. The van der Waals surface area contributed by atoms with E-state index in [1.54, 1.807) is 0 Å². The van der Waals surface area contributed by atoms with Gasteiger partial charge in [-0.1, -0.05) is 0 Å². The van der Waals surface area contributed by atoms with Gasteiger partial charge in [0.15, 0.2) is 0 Å². The van der Waals surface area contributed by atoms with E-state index >= 15 is 0 Å². The van der Waals surface area contributed by atoms with Crippen molar-refractivity contribution in [2.24, 2.45) is 0 Å². The molecule has 0 spiro atoms. The molecule has 1 amide bonds. The van der Waals surface area contributed by atoms with Crippen molar-refractivity contribution in [2.75, 3.05) is 20.1 Å². The van der Waals surface area contributed by atoms with E-state index in [-0.39, 0.29) is 11.6 Å². The van der Waals surface area contributed by atoms with E-state index in [0.29, 0.717) is 18.7 Å². The number of nitro groups is 1. The van der Waals surface area contributed by atoms with E-state index in [1.165, 1.54) is 0 Å². The summed E-state index contributed by atoms with van der Waals surface area (Å²) in [5.41, 5.74) is -2.34. The lowest BCUT2D eigenvalue weighted by atomic mass is 10.1. The molecule has 0 aromatic heterocycles. The summed E-state index contributed by atoms with van der Waals surface area (Å²) in [6.07, 6.45) is -2.88. The summed E-state index contributed by atoms with van der Waals surface area (Å²) in [5.74, 6) is -0.750. The van der Waals surface area contributed by atoms with Gasteiger partial charge in [0.05, 0.1) is 10.5 Å². The second-order valence-corrected chi connectivity index (χ2v) is 5.51. The molecule has 23 heavy (non-hydrogen) atoms. The van der Waals surface area contributed by atoms with Crippen molar-refractivity contribution in [1.29, 1.82) is 0 Å². The smallest absolute Gasteiger partial charge is 0.350 e. The van der Waals surface area contributed by atoms with Gasteiger partial charge < -0.3 is 10.2 Å². The zero-order valence-corrected chi connectivity index (χ0v) is 12.4. The summed E-state index contributed by atoms with van der Waals surface area (Å²) in [7, 11) is 1.90. The number of nitrogens with one attached hydrogen (secondary N) is 1. The Morgan fingerprint density at radius 3 is 2.65 bits per heavy atom. The van der Waals surface area contributed by atoms with Gasteiger partial charge in [-0.25, -0.2) is 0 Å². The molecule has 1 N–H and O–H groups in total. The summed E-state index contributed by atoms with van der Waals surface area (Å²) in [6, 6.07) is 2.02. The second kappa shape index (κ2) is 6.53. The zero-order chi connectivity index (χ0) is 17.2. The first-order valence-corrected chi connectivity index (χ1v) is 7.03. The molecule has 1 saturated heterocycles. The minimum Gasteiger partial charge on any atom is -0.350 e. The lowest BCUT2D eigenvalue weighted by molar-refractivity contribution is -0.385. The van der Waals surface area contributed by atoms with Crippen molar-refractivity contribution in [2.45, 2.75) is 25.1 Å². The molecule has 1 aliphatic rings. The Hall–Kier alpha value is -2.16. The van der Waals surface area contributed by atoms with Crippen molar-refractivity contribution in [3.05, 3.63) is 39.4 Å². The van der Waals surface area contributed by atoms with Crippen LogP contribution in [0.1, 0.15) is 28.8 Å². The number of alkyl halides is 3. The maximum atomic E-state index is 12.8. The molecule has 0 radical (unpaired) electrons. The third kappa shape index (κ3) is 4.19. The number of carbonyl (C=O) groups is 1. The van der Waals surface area contributed by atoms with Crippen LogP contribution in [0.4, 0.5) is 18.9 Å². The molecule has 6 nitrogen and oxygen atoms in total. The van der Waals surface area contributed by atoms with Gasteiger partial charge in [-0.2, -0.15) is 13.2 Å². The van der Waals surface area contributed by atoms with Crippen LogP contribution < -0.4 is 5.32 Å². The summed E-state index contributed by atoms with van der Waals surface area (Å²) in [6.45, 7) is 1.19. The normalized spacial score (nSPS) is 18.9. The molecule has 126 valence electrons. The Balaban J connectivity index is 2.18. The van der Waals surface area contributed by atoms with E-state index in [1.807, 2.05) is 7.05 Å². The third-order valence-electron chi connectivity index (χ3n) is 3.89. The number of amides is 1. The molecule has 9 heteroatoms. The molecular formula is C14H16F3N3O3. The molecule has 0 saturated carbocycles. The number of halogens is 3. The summed E-state index contributed by atoms with van der Waals surface area (Å²) < 4.78 is 38.4. The molecule has 0 aliphatic carbocycles. The number of likely N-dealkylation sites (N-methyl/N-ethyl adjacent to an activating group) is 1. The quantitative estimate of drug-likeness (QED) is 0.679. The largest absolute Gasteiger partial charge is 0.416 e. The number of likely N-dealkylation sites (tertiary alicyclic amines) is 1. The topological polar surface area (TPSA) is 75.5 Å². The molecule has 1 aromatic carbocycles. The summed E-state index contributed by atoms with van der Waals surface area (Å²) in [5, 5.41) is 13.3. The van der Waals surface area contributed by atoms with Crippen molar-refractivity contribution in [1.82, 2.24) is 10.2 Å². The monoisotopic (exact) mass is 331 g/mol. The van der Waals surface area contributed by atoms with Gasteiger partial charge in [0.1, 0.15) is 0 Å². The van der Waals surface area contributed by atoms with E-state index in [0.717, 1.165) is 25.5 Å². The molecule has 1 heterocycles. The van der Waals surface area contributed by atoms with E-state index in [4.69, 9.17) is 0 Å². The van der Waals surface area contributed by atoms with Gasteiger partial charge in [0, 0.05) is 30.3 Å². The average Bonchev–Trinajstić information content (AvgIpc) is 2.88. The summed E-state index contributed by atoms with van der Waals surface area (Å²) in [4.78, 5) is 23.9. The minimum absolute atomic E-state index is 0.125. The number of nitro benzene ring substituents is 1. The third-order valence-corrected chi connectivity index (χ3v) is 3.89. The highest BCUT2D eigenvalue weighted by molar-refractivity contribution is 5.95. The highest BCUT2D eigenvalue weighted by Crippen LogP contribution is 2.32. The Kier molecular flexibility index (Phi) is 4.88. The van der Waals surface area contributed by atoms with Crippen LogP contribution in [-0.2, 0) is 6.18 Å². The zero-order valence-electron chi connectivity index (χ0n) is 12.4. The number of hydrogen-bond acceptors (Lipinski definition) is 4. The Bertz CT molecular complexity index is 619. The van der Waals surface area contributed by atoms with Gasteiger partial charge in [-0.15, -0.1) is 0 Å². The molecule has 0 unspecified atom stereocenters. The van der Waals surface area contributed by atoms with Crippen LogP contribution in [0.3, 0.4) is 0 Å². The standard InChI is InChI=1S/C14H16F3N3O3/c1-19-4-2-3-11(19)8-18-13(21)9-5-10(14(15,16)17)7-12(6-9)20(22)23/h5-7,11H,2-4,8H2,1H3,(H,18,21)/t11-/m1/s1. The fourth-order valence-electron chi connectivity index (χ4n) is 2.56. The Morgan fingerprint density at radius 2 is 2.13 bits per heavy atom. The van der Waals surface area contributed by atoms with E-state index in [9.17, 15) is 28.1 Å². The number of carbonyl (C=O) groups excluding carboxylic acids is 1. The van der Waals surface area contributed by atoms with Gasteiger partial charge in [0.2, 0.25) is 0 Å². The molecule has 1 aliphatic heterocycles. The predicted molar refractivity (Wildman–Crippen MR) is 76.1 cm³/mol. The van der Waals surface area contributed by atoms with Gasteiger partial charge in [0.25, 0.3) is 11.6 Å². The van der Waals surface area contributed by atoms with Crippen LogP contribution in [-0.4, -0.2) is 41.9 Å². The number of non-ortho nitro benzene ring substituents is 1. The fraction of sp³-hybridized carbons (Fsp3) is 0.500. The maximum Gasteiger partial charge on any atom is 0.416 e. The lowest BCUT2D eigenvalue weighted by Gasteiger charge is -2.19. The van der Waals surface area contributed by atoms with Crippen LogP contribution in [0, 0.1) is 10.1 Å². The number of nitrogens with zero attached hydrogens (tertiary/aromatic N) is 2. The van der Waals surface area contributed by atoms with Crippen molar-refractivity contribution in [3.63, 3.8) is 0 Å². The van der Waals surface area contributed by atoms with Crippen LogP contribution in [0.2, 0.25) is 0 Å². The second-order valence-electron chi connectivity index (χ2n) is 5.51. The van der Waals surface area contributed by atoms with Crippen molar-refractivity contribution < 1.29 is 22.9 Å². The van der Waals surface area contributed by atoms with Crippen molar-refractivity contribution >= 4 is 11.6 Å². The van der Waals surface area contributed by atoms with Crippen LogP contribution in [0.15, 0.2) is 18.2 Å². The van der Waals surface area contributed by atoms with E-state index in [2.05, 4.69) is 10.2 Å². The highest BCUT2D eigenvalue weighted by atomic mass is 19.4. The van der Waals surface area contributed by atoms with Crippen LogP contribution >= 0.6 is 0 Å². The number of hydrogen-bond donors (Lipinski definition) is 1. The first kappa shape index (κ1) is 17.2. The van der Waals surface area contributed by atoms with Gasteiger partial charge in [-0.05, 0) is 32.5 Å². The van der Waals surface area contributed by atoms with Crippen LogP contribution in [0.25, 0.3) is 0 Å². The molecule has 1 atom stereocenters. The highest BCUT2D eigenvalue weighted by Gasteiger charge is 2.33. The molecule has 1 aromatic rings. The first-order chi connectivity index (χ1) is 10.7. The van der Waals surface area contributed by atoms with Crippen LogP contribution in [0.5, 0.6) is 0 Å². The molecule has 2 rings (SSSR count). The Labute approximate surface area is 130 Å². The minimum atomic E-state index is -4.76. The fourth-order valence-corrected chi connectivity index (χ4v) is 2.56. The number of benzene rings is 1. The van der Waals surface area contributed by atoms with Crippen molar-refractivity contribution in [3.8, 4) is 0 Å². The van der Waals surface area contributed by atoms with Gasteiger partial charge in [-0.3, -0.25) is 14.9 Å². The molecular weight excluding hydrogens is 315 g/mol. The number of rotatable bonds is 4. The maximum absolute atomic E-state index is 12.8. The SMILES string of the molecule is CN1CCC[C@@H]1CNC(=O)c1cc([N+](=O)[O-])cc(C(F)(F)F)c1. The molecule has 1 fully saturated rings. The summed E-state index contributed by atoms with van der Waals surface area (Å²) >= 11 is 0.